The predicted molar refractivity (Wildman–Crippen MR) is 65.8 cm³/mol. The van der Waals surface area contributed by atoms with Crippen molar-refractivity contribution in [3.05, 3.63) is 0 Å². The largest absolute Gasteiger partial charge is 0.391 e. The summed E-state index contributed by atoms with van der Waals surface area (Å²) in [4.78, 5) is 13.5. The monoisotopic (exact) mass is 244 g/mol. The van der Waals surface area contributed by atoms with Gasteiger partial charge in [0, 0.05) is 26.7 Å². The number of amides is 2. The maximum atomic E-state index is 11.9. The third-order valence-electron chi connectivity index (χ3n) is 3.42. The van der Waals surface area contributed by atoms with Crippen LogP contribution >= 0.6 is 0 Å². The number of urea groups is 1. The number of methoxy groups -OCH3 is 1. The van der Waals surface area contributed by atoms with Crippen LogP contribution in [0.3, 0.4) is 0 Å². The Morgan fingerprint density at radius 3 is 2.76 bits per heavy atom. The number of piperidine rings is 1. The summed E-state index contributed by atoms with van der Waals surface area (Å²) in [6, 6.07) is -0.124. The first-order valence-corrected chi connectivity index (χ1v) is 6.12. The Hall–Kier alpha value is -0.810. The SMILES string of the molecule is COC(C)(C)CNC(=O)N1CCC(C)C(O)C1. The molecule has 0 radical (unpaired) electrons. The first-order valence-electron chi connectivity index (χ1n) is 6.12. The lowest BCUT2D eigenvalue weighted by Crippen LogP contribution is -2.52. The fourth-order valence-corrected chi connectivity index (χ4v) is 1.71. The van der Waals surface area contributed by atoms with E-state index in [-0.39, 0.29) is 17.6 Å². The van der Waals surface area contributed by atoms with Gasteiger partial charge in [0.05, 0.1) is 11.7 Å². The van der Waals surface area contributed by atoms with Gasteiger partial charge in [-0.1, -0.05) is 6.92 Å². The Morgan fingerprint density at radius 1 is 1.59 bits per heavy atom. The molecule has 1 rings (SSSR count). The normalized spacial score (nSPS) is 25.8. The molecule has 0 aromatic rings. The van der Waals surface area contributed by atoms with Crippen molar-refractivity contribution in [3.63, 3.8) is 0 Å². The first-order chi connectivity index (χ1) is 7.85. The minimum Gasteiger partial charge on any atom is -0.391 e. The van der Waals surface area contributed by atoms with Gasteiger partial charge in [-0.3, -0.25) is 0 Å². The molecule has 1 aliphatic heterocycles. The number of rotatable bonds is 3. The lowest BCUT2D eigenvalue weighted by molar-refractivity contribution is 0.0200. The van der Waals surface area contributed by atoms with Crippen molar-refractivity contribution < 1.29 is 14.6 Å². The zero-order valence-corrected chi connectivity index (χ0v) is 11.2. The Morgan fingerprint density at radius 2 is 2.24 bits per heavy atom. The van der Waals surface area contributed by atoms with Gasteiger partial charge < -0.3 is 20.1 Å². The van der Waals surface area contributed by atoms with E-state index in [0.29, 0.717) is 19.6 Å². The van der Waals surface area contributed by atoms with Crippen LogP contribution in [0.25, 0.3) is 0 Å². The molecule has 5 nitrogen and oxygen atoms in total. The van der Waals surface area contributed by atoms with Gasteiger partial charge in [-0.15, -0.1) is 0 Å². The molecule has 0 bridgehead atoms. The predicted octanol–water partition coefficient (Wildman–Crippen LogP) is 0.824. The molecule has 0 aromatic heterocycles. The van der Waals surface area contributed by atoms with Crippen molar-refractivity contribution in [2.75, 3.05) is 26.7 Å². The molecule has 2 atom stereocenters. The number of carbonyl (C=O) groups excluding carboxylic acids is 1. The number of likely N-dealkylation sites (tertiary alicyclic amines) is 1. The highest BCUT2D eigenvalue weighted by Crippen LogP contribution is 2.17. The molecule has 17 heavy (non-hydrogen) atoms. The summed E-state index contributed by atoms with van der Waals surface area (Å²) in [6.07, 6.45) is 0.437. The van der Waals surface area contributed by atoms with Gasteiger partial charge in [-0.05, 0) is 26.2 Å². The molecule has 1 fully saturated rings. The van der Waals surface area contributed by atoms with Crippen molar-refractivity contribution in [2.45, 2.75) is 38.9 Å². The summed E-state index contributed by atoms with van der Waals surface area (Å²) in [5, 5.41) is 12.6. The van der Waals surface area contributed by atoms with Crippen molar-refractivity contribution in [1.29, 1.82) is 0 Å². The molecule has 1 heterocycles. The topological polar surface area (TPSA) is 61.8 Å². The number of β-amino-alcohol motifs (C(OH)–C–C–N with tert-alkyl or cyclic N) is 1. The molecule has 0 aliphatic carbocycles. The summed E-state index contributed by atoms with van der Waals surface area (Å²) < 4.78 is 5.23. The fourth-order valence-electron chi connectivity index (χ4n) is 1.71. The highest BCUT2D eigenvalue weighted by atomic mass is 16.5. The average molecular weight is 244 g/mol. The summed E-state index contributed by atoms with van der Waals surface area (Å²) in [5.41, 5.74) is -0.364. The zero-order chi connectivity index (χ0) is 13.1. The molecular weight excluding hydrogens is 220 g/mol. The van der Waals surface area contributed by atoms with E-state index in [2.05, 4.69) is 5.32 Å². The summed E-state index contributed by atoms with van der Waals surface area (Å²) in [5.74, 6) is 0.273. The summed E-state index contributed by atoms with van der Waals surface area (Å²) in [7, 11) is 1.62. The number of nitrogens with zero attached hydrogens (tertiary/aromatic N) is 1. The fraction of sp³-hybridized carbons (Fsp3) is 0.917. The van der Waals surface area contributed by atoms with Crippen LogP contribution in [0.2, 0.25) is 0 Å². The molecule has 0 aromatic carbocycles. The lowest BCUT2D eigenvalue weighted by atomic mass is 9.96. The van der Waals surface area contributed by atoms with Gasteiger partial charge in [0.1, 0.15) is 0 Å². The maximum Gasteiger partial charge on any atom is 0.317 e. The van der Waals surface area contributed by atoms with Crippen LogP contribution in [0, 0.1) is 5.92 Å². The van der Waals surface area contributed by atoms with Crippen LogP contribution < -0.4 is 5.32 Å². The third-order valence-corrected chi connectivity index (χ3v) is 3.42. The van der Waals surface area contributed by atoms with Gasteiger partial charge in [0.25, 0.3) is 0 Å². The number of aliphatic hydroxyl groups is 1. The zero-order valence-electron chi connectivity index (χ0n) is 11.2. The van der Waals surface area contributed by atoms with E-state index >= 15 is 0 Å². The van der Waals surface area contributed by atoms with Crippen molar-refractivity contribution in [2.24, 2.45) is 5.92 Å². The molecular formula is C12H24N2O3. The molecule has 2 amide bonds. The Balaban J connectivity index is 2.38. The minimum atomic E-state index is -0.412. The van der Waals surface area contributed by atoms with Crippen LogP contribution in [0.15, 0.2) is 0 Å². The van der Waals surface area contributed by atoms with Crippen molar-refractivity contribution in [3.8, 4) is 0 Å². The Bertz CT molecular complexity index is 268. The number of aliphatic hydroxyl groups excluding tert-OH is 1. The summed E-state index contributed by atoms with van der Waals surface area (Å²) in [6.45, 7) is 7.43. The van der Waals surface area contributed by atoms with Gasteiger partial charge >= 0.3 is 6.03 Å². The number of nitrogens with one attached hydrogen (secondary N) is 1. The molecule has 0 spiro atoms. The Kier molecular flexibility index (Phi) is 4.77. The smallest absolute Gasteiger partial charge is 0.317 e. The van der Waals surface area contributed by atoms with E-state index in [1.165, 1.54) is 0 Å². The van der Waals surface area contributed by atoms with Crippen LogP contribution in [0.5, 0.6) is 0 Å². The number of carbonyl (C=O) groups is 1. The highest BCUT2D eigenvalue weighted by Gasteiger charge is 2.28. The Labute approximate surface area is 103 Å². The molecule has 1 aliphatic rings. The van der Waals surface area contributed by atoms with Crippen LogP contribution in [0.1, 0.15) is 27.2 Å². The van der Waals surface area contributed by atoms with Gasteiger partial charge in [-0.25, -0.2) is 4.79 Å². The number of hydrogen-bond donors (Lipinski definition) is 2. The molecule has 2 unspecified atom stereocenters. The maximum absolute atomic E-state index is 11.9. The first kappa shape index (κ1) is 14.3. The third kappa shape index (κ3) is 4.16. The lowest BCUT2D eigenvalue weighted by Gasteiger charge is -2.35. The van der Waals surface area contributed by atoms with E-state index < -0.39 is 6.10 Å². The molecule has 2 N–H and O–H groups in total. The van der Waals surface area contributed by atoms with Gasteiger partial charge in [0.2, 0.25) is 0 Å². The second-order valence-electron chi connectivity index (χ2n) is 5.40. The van der Waals surface area contributed by atoms with E-state index in [4.69, 9.17) is 4.74 Å². The number of ether oxygens (including phenoxy) is 1. The van der Waals surface area contributed by atoms with E-state index in [1.807, 2.05) is 20.8 Å². The van der Waals surface area contributed by atoms with Gasteiger partial charge in [-0.2, -0.15) is 0 Å². The second kappa shape index (κ2) is 5.69. The molecule has 5 heteroatoms. The molecule has 1 saturated heterocycles. The van der Waals surface area contributed by atoms with Crippen molar-refractivity contribution >= 4 is 6.03 Å². The van der Waals surface area contributed by atoms with E-state index in [9.17, 15) is 9.90 Å². The van der Waals surface area contributed by atoms with Crippen molar-refractivity contribution in [1.82, 2.24) is 10.2 Å². The average Bonchev–Trinajstić information content (AvgIpc) is 2.30. The van der Waals surface area contributed by atoms with Crippen LogP contribution in [0.4, 0.5) is 4.79 Å². The highest BCUT2D eigenvalue weighted by molar-refractivity contribution is 5.74. The van der Waals surface area contributed by atoms with Crippen LogP contribution in [-0.4, -0.2) is 54.5 Å². The van der Waals surface area contributed by atoms with E-state index in [1.54, 1.807) is 12.0 Å². The molecule has 0 saturated carbocycles. The summed E-state index contributed by atoms with van der Waals surface area (Å²) >= 11 is 0. The standard InChI is InChI=1S/C12H24N2O3/c1-9-5-6-14(7-10(9)15)11(16)13-8-12(2,3)17-4/h9-10,15H,5-8H2,1-4H3,(H,13,16). The molecule has 100 valence electrons. The van der Waals surface area contributed by atoms with Gasteiger partial charge in [0.15, 0.2) is 0 Å². The number of hydrogen-bond acceptors (Lipinski definition) is 3. The minimum absolute atomic E-state index is 0.124. The van der Waals surface area contributed by atoms with Crippen LogP contribution in [-0.2, 0) is 4.74 Å². The quantitative estimate of drug-likeness (QED) is 0.773. The van der Waals surface area contributed by atoms with E-state index in [0.717, 1.165) is 6.42 Å². The second-order valence-corrected chi connectivity index (χ2v) is 5.40.